The van der Waals surface area contributed by atoms with E-state index in [4.69, 9.17) is 5.73 Å². The van der Waals surface area contributed by atoms with Crippen molar-refractivity contribution >= 4 is 38.9 Å². The Balaban J connectivity index is 2.38. The molecule has 1 rings (SSSR count). The molecule has 6 heteroatoms. The van der Waals surface area contributed by atoms with Crippen molar-refractivity contribution < 1.29 is 0 Å². The van der Waals surface area contributed by atoms with E-state index >= 15 is 0 Å². The fraction of sp³-hybridized carbons (Fsp3) is 0.200. The minimum Gasteiger partial charge on any atom is -0.380 e. The molecular formula is C5H7N3S3. The van der Waals surface area contributed by atoms with Gasteiger partial charge in [0.05, 0.1) is 0 Å². The fourth-order valence-electron chi connectivity index (χ4n) is 0.383. The lowest BCUT2D eigenvalue weighted by Gasteiger charge is -1.91. The Labute approximate surface area is 77.0 Å². The van der Waals surface area contributed by atoms with Gasteiger partial charge >= 0.3 is 0 Å². The van der Waals surface area contributed by atoms with Crippen LogP contribution in [0.25, 0.3) is 0 Å². The van der Waals surface area contributed by atoms with Crippen LogP contribution < -0.4 is 5.73 Å². The van der Waals surface area contributed by atoms with E-state index in [0.717, 1.165) is 9.96 Å². The number of nitrogens with zero attached hydrogens (tertiary/aromatic N) is 2. The SMILES string of the molecule is C=CCSSc1snnc1N. The predicted molar refractivity (Wildman–Crippen MR) is 52.8 cm³/mol. The van der Waals surface area contributed by atoms with Gasteiger partial charge in [-0.3, -0.25) is 0 Å². The normalized spacial score (nSPS) is 9.82. The van der Waals surface area contributed by atoms with Crippen LogP contribution in [0.3, 0.4) is 0 Å². The van der Waals surface area contributed by atoms with E-state index < -0.39 is 0 Å². The summed E-state index contributed by atoms with van der Waals surface area (Å²) >= 11 is 1.32. The van der Waals surface area contributed by atoms with Crippen molar-refractivity contribution in [2.75, 3.05) is 11.5 Å². The van der Waals surface area contributed by atoms with E-state index in [-0.39, 0.29) is 0 Å². The van der Waals surface area contributed by atoms with Gasteiger partial charge in [0, 0.05) is 5.75 Å². The summed E-state index contributed by atoms with van der Waals surface area (Å²) in [5, 5.41) is 3.68. The predicted octanol–water partition coefficient (Wildman–Crippen LogP) is 2.05. The lowest BCUT2D eigenvalue weighted by molar-refractivity contribution is 1.16. The second kappa shape index (κ2) is 4.63. The van der Waals surface area contributed by atoms with Crippen molar-refractivity contribution in [3.63, 3.8) is 0 Å². The second-order valence-electron chi connectivity index (χ2n) is 1.60. The largest absolute Gasteiger partial charge is 0.380 e. The van der Waals surface area contributed by atoms with E-state index in [1.807, 2.05) is 6.08 Å². The van der Waals surface area contributed by atoms with Gasteiger partial charge in [-0.25, -0.2) is 0 Å². The van der Waals surface area contributed by atoms with Crippen LogP contribution in [0, 0.1) is 0 Å². The average Bonchev–Trinajstić information content (AvgIpc) is 2.37. The molecule has 0 aromatic carbocycles. The molecule has 0 aliphatic rings. The first-order valence-corrected chi connectivity index (χ1v) is 5.92. The van der Waals surface area contributed by atoms with Crippen molar-refractivity contribution in [1.82, 2.24) is 9.59 Å². The van der Waals surface area contributed by atoms with Gasteiger partial charge in [0.15, 0.2) is 5.82 Å². The zero-order valence-corrected chi connectivity index (χ0v) is 8.14. The molecule has 11 heavy (non-hydrogen) atoms. The lowest BCUT2D eigenvalue weighted by atomic mass is 10.8. The molecule has 1 aromatic heterocycles. The van der Waals surface area contributed by atoms with Crippen molar-refractivity contribution in [2.24, 2.45) is 0 Å². The van der Waals surface area contributed by atoms with Crippen molar-refractivity contribution in [3.05, 3.63) is 12.7 Å². The van der Waals surface area contributed by atoms with Gasteiger partial charge in [-0.15, -0.1) is 11.7 Å². The molecule has 3 nitrogen and oxygen atoms in total. The van der Waals surface area contributed by atoms with Gasteiger partial charge in [0.1, 0.15) is 4.21 Å². The number of nitrogens with two attached hydrogens (primary N) is 1. The maximum Gasteiger partial charge on any atom is 0.173 e. The Bertz CT molecular complexity index is 235. The molecule has 0 spiro atoms. The molecule has 0 aliphatic heterocycles. The number of nitrogen functional groups attached to an aromatic ring is 1. The minimum atomic E-state index is 0.525. The quantitative estimate of drug-likeness (QED) is 0.463. The first kappa shape index (κ1) is 8.89. The fourth-order valence-corrected chi connectivity index (χ4v) is 3.12. The van der Waals surface area contributed by atoms with Crippen LogP contribution in [0.4, 0.5) is 5.82 Å². The highest BCUT2D eigenvalue weighted by Gasteiger charge is 2.03. The molecule has 0 unspecified atom stereocenters. The van der Waals surface area contributed by atoms with Gasteiger partial charge in [-0.2, -0.15) is 0 Å². The first-order valence-electron chi connectivity index (χ1n) is 2.82. The molecule has 2 N–H and O–H groups in total. The standard InChI is InChI=1S/C5H7N3S3/c1-2-3-9-11-5-4(6)7-8-10-5/h2H,1,3,6H2. The van der Waals surface area contributed by atoms with Gasteiger partial charge in [-0.1, -0.05) is 21.4 Å². The summed E-state index contributed by atoms with van der Waals surface area (Å²) < 4.78 is 4.68. The van der Waals surface area contributed by atoms with Crippen molar-refractivity contribution in [1.29, 1.82) is 0 Å². The number of hydrogen-bond donors (Lipinski definition) is 1. The van der Waals surface area contributed by atoms with Crippen molar-refractivity contribution in [3.8, 4) is 0 Å². The topological polar surface area (TPSA) is 51.8 Å². The Hall–Kier alpha value is -0.200. The Morgan fingerprint density at radius 3 is 3.09 bits per heavy atom. The third kappa shape index (κ3) is 2.72. The van der Waals surface area contributed by atoms with Crippen LogP contribution in [0.1, 0.15) is 0 Å². The zero-order valence-electron chi connectivity index (χ0n) is 5.69. The number of rotatable bonds is 4. The highest BCUT2D eigenvalue weighted by Crippen LogP contribution is 2.36. The average molecular weight is 205 g/mol. The summed E-state index contributed by atoms with van der Waals surface area (Å²) in [7, 11) is 3.27. The first-order chi connectivity index (χ1) is 5.34. The van der Waals surface area contributed by atoms with Crippen LogP contribution in [0.2, 0.25) is 0 Å². The molecule has 1 heterocycles. The van der Waals surface area contributed by atoms with E-state index in [9.17, 15) is 0 Å². The van der Waals surface area contributed by atoms with Crippen LogP contribution in [-0.2, 0) is 0 Å². The van der Waals surface area contributed by atoms with Crippen LogP contribution >= 0.6 is 33.1 Å². The monoisotopic (exact) mass is 205 g/mol. The maximum absolute atomic E-state index is 5.50. The van der Waals surface area contributed by atoms with Crippen LogP contribution in [-0.4, -0.2) is 15.3 Å². The summed E-state index contributed by atoms with van der Waals surface area (Å²) in [5.41, 5.74) is 5.50. The van der Waals surface area contributed by atoms with Crippen molar-refractivity contribution in [2.45, 2.75) is 4.21 Å². The van der Waals surface area contributed by atoms with E-state index in [1.54, 1.807) is 21.6 Å². The second-order valence-corrected chi connectivity index (χ2v) is 4.97. The van der Waals surface area contributed by atoms with Gasteiger partial charge in [0.25, 0.3) is 0 Å². The Kier molecular flexibility index (Phi) is 3.74. The summed E-state index contributed by atoms with van der Waals surface area (Å²) in [4.78, 5) is 0. The van der Waals surface area contributed by atoms with Gasteiger partial charge in [-0.05, 0) is 22.3 Å². The summed E-state index contributed by atoms with van der Waals surface area (Å²) in [6, 6.07) is 0. The highest BCUT2D eigenvalue weighted by molar-refractivity contribution is 8.77. The summed E-state index contributed by atoms with van der Waals surface area (Å²) in [6.07, 6.45) is 1.85. The maximum atomic E-state index is 5.50. The van der Waals surface area contributed by atoms with Gasteiger partial charge in [0.2, 0.25) is 0 Å². The highest BCUT2D eigenvalue weighted by atomic mass is 33.1. The summed E-state index contributed by atoms with van der Waals surface area (Å²) in [5.74, 6) is 1.43. The molecule has 0 saturated heterocycles. The van der Waals surface area contributed by atoms with Crippen LogP contribution in [0.5, 0.6) is 0 Å². The third-order valence-corrected chi connectivity index (χ3v) is 4.24. The Morgan fingerprint density at radius 2 is 2.55 bits per heavy atom. The molecule has 0 saturated carbocycles. The number of anilines is 1. The van der Waals surface area contributed by atoms with E-state index in [2.05, 4.69) is 16.2 Å². The summed E-state index contributed by atoms with van der Waals surface area (Å²) in [6.45, 7) is 3.61. The zero-order chi connectivity index (χ0) is 8.10. The van der Waals surface area contributed by atoms with Gasteiger partial charge < -0.3 is 5.73 Å². The molecule has 0 fully saturated rings. The Morgan fingerprint density at radius 1 is 1.73 bits per heavy atom. The van der Waals surface area contributed by atoms with Crippen LogP contribution in [0.15, 0.2) is 16.9 Å². The van der Waals surface area contributed by atoms with E-state index in [1.165, 1.54) is 11.5 Å². The van der Waals surface area contributed by atoms with E-state index in [0.29, 0.717) is 5.82 Å². The number of aromatic nitrogens is 2. The lowest BCUT2D eigenvalue weighted by Crippen LogP contribution is -1.84. The molecule has 0 radical (unpaired) electrons. The molecule has 0 amide bonds. The molecule has 0 atom stereocenters. The third-order valence-electron chi connectivity index (χ3n) is 0.802. The molecule has 0 aliphatic carbocycles. The molecule has 1 aromatic rings. The molecule has 0 bridgehead atoms. The number of hydrogen-bond acceptors (Lipinski definition) is 6. The minimum absolute atomic E-state index is 0.525. The molecular weight excluding hydrogens is 198 g/mol. The smallest absolute Gasteiger partial charge is 0.173 e. The molecule has 60 valence electrons.